The topological polar surface area (TPSA) is 49.6 Å². The molecule has 1 amide bonds. The number of nitrogens with zero attached hydrogens (tertiary/aromatic N) is 2. The lowest BCUT2D eigenvalue weighted by atomic mass is 10.2. The summed E-state index contributed by atoms with van der Waals surface area (Å²) in [5.41, 5.74) is 7.70. The second-order valence-electron chi connectivity index (χ2n) is 5.17. The maximum atomic E-state index is 11.7. The van der Waals surface area contributed by atoms with Crippen LogP contribution in [0, 0.1) is 0 Å². The fourth-order valence-corrected chi connectivity index (χ4v) is 2.97. The lowest BCUT2D eigenvalue weighted by Crippen LogP contribution is -2.38. The van der Waals surface area contributed by atoms with Crippen LogP contribution in [0.1, 0.15) is 19.3 Å². The highest BCUT2D eigenvalue weighted by Gasteiger charge is 2.32. The van der Waals surface area contributed by atoms with E-state index in [4.69, 9.17) is 5.73 Å². The van der Waals surface area contributed by atoms with Crippen molar-refractivity contribution in [2.24, 2.45) is 0 Å². The molecular weight excluding hydrogens is 226 g/mol. The molecule has 4 nitrogen and oxygen atoms in total. The maximum absolute atomic E-state index is 11.7. The standard InChI is InChI=1S/C14H19N3O/c15-11-3-5-12(6-4-11)16-9-7-13(10-16)17-8-1-2-14(17)18/h3-6,13H,1-2,7-10,15H2/t13-/m1/s1. The molecule has 0 aliphatic carbocycles. The minimum Gasteiger partial charge on any atom is -0.399 e. The Morgan fingerprint density at radius 3 is 2.61 bits per heavy atom. The number of hydrogen-bond donors (Lipinski definition) is 1. The number of amides is 1. The van der Waals surface area contributed by atoms with Gasteiger partial charge in [0.15, 0.2) is 0 Å². The van der Waals surface area contributed by atoms with Crippen LogP contribution < -0.4 is 10.6 Å². The van der Waals surface area contributed by atoms with Crippen molar-refractivity contribution < 1.29 is 4.79 Å². The highest BCUT2D eigenvalue weighted by atomic mass is 16.2. The van der Waals surface area contributed by atoms with Gasteiger partial charge in [-0.15, -0.1) is 0 Å². The summed E-state index contributed by atoms with van der Waals surface area (Å²) in [4.78, 5) is 16.1. The predicted octanol–water partition coefficient (Wildman–Crippen LogP) is 1.47. The molecule has 3 rings (SSSR count). The molecule has 18 heavy (non-hydrogen) atoms. The zero-order valence-corrected chi connectivity index (χ0v) is 10.5. The van der Waals surface area contributed by atoms with Crippen LogP contribution in [0.3, 0.4) is 0 Å². The molecule has 2 heterocycles. The number of benzene rings is 1. The van der Waals surface area contributed by atoms with Crippen molar-refractivity contribution in [3.05, 3.63) is 24.3 Å². The Kier molecular flexibility index (Phi) is 2.86. The van der Waals surface area contributed by atoms with Crippen LogP contribution >= 0.6 is 0 Å². The van der Waals surface area contributed by atoms with Gasteiger partial charge in [0.2, 0.25) is 5.91 Å². The smallest absolute Gasteiger partial charge is 0.222 e. The summed E-state index contributed by atoms with van der Waals surface area (Å²) in [5, 5.41) is 0. The molecule has 0 saturated carbocycles. The first-order chi connectivity index (χ1) is 8.74. The van der Waals surface area contributed by atoms with Gasteiger partial charge in [0.25, 0.3) is 0 Å². The Bertz CT molecular complexity index is 443. The summed E-state index contributed by atoms with van der Waals surface area (Å²) in [6.45, 7) is 2.92. The van der Waals surface area contributed by atoms with Crippen molar-refractivity contribution in [3.8, 4) is 0 Å². The number of carbonyl (C=O) groups is 1. The molecule has 2 aliphatic heterocycles. The van der Waals surface area contributed by atoms with Crippen molar-refractivity contribution in [2.45, 2.75) is 25.3 Å². The van der Waals surface area contributed by atoms with Crippen molar-refractivity contribution in [1.82, 2.24) is 4.90 Å². The Hall–Kier alpha value is -1.71. The molecule has 2 N–H and O–H groups in total. The second-order valence-corrected chi connectivity index (χ2v) is 5.17. The Balaban J connectivity index is 1.68. The zero-order valence-electron chi connectivity index (χ0n) is 10.5. The zero-order chi connectivity index (χ0) is 12.5. The predicted molar refractivity (Wildman–Crippen MR) is 72.4 cm³/mol. The van der Waals surface area contributed by atoms with Crippen molar-refractivity contribution in [1.29, 1.82) is 0 Å². The van der Waals surface area contributed by atoms with Crippen molar-refractivity contribution >= 4 is 17.3 Å². The van der Waals surface area contributed by atoms with Crippen LogP contribution in [0.2, 0.25) is 0 Å². The Morgan fingerprint density at radius 1 is 1.17 bits per heavy atom. The van der Waals surface area contributed by atoms with Gasteiger partial charge >= 0.3 is 0 Å². The summed E-state index contributed by atoms with van der Waals surface area (Å²) in [5.74, 6) is 0.333. The SMILES string of the molecule is Nc1ccc(N2CC[C@@H](N3CCCC3=O)C2)cc1. The molecule has 0 radical (unpaired) electrons. The molecule has 4 heteroatoms. The molecule has 2 fully saturated rings. The second kappa shape index (κ2) is 4.52. The van der Waals surface area contributed by atoms with Gasteiger partial charge in [-0.1, -0.05) is 0 Å². The van der Waals surface area contributed by atoms with Gasteiger partial charge in [-0.2, -0.15) is 0 Å². The van der Waals surface area contributed by atoms with Crippen molar-refractivity contribution in [3.63, 3.8) is 0 Å². The first-order valence-electron chi connectivity index (χ1n) is 6.64. The molecule has 2 aliphatic rings. The fourth-order valence-electron chi connectivity index (χ4n) is 2.97. The number of likely N-dealkylation sites (tertiary alicyclic amines) is 1. The quantitative estimate of drug-likeness (QED) is 0.803. The van der Waals surface area contributed by atoms with Gasteiger partial charge in [0, 0.05) is 37.4 Å². The largest absolute Gasteiger partial charge is 0.399 e. The first kappa shape index (κ1) is 11.4. The van der Waals surface area contributed by atoms with E-state index in [0.29, 0.717) is 11.9 Å². The van der Waals surface area contributed by atoms with E-state index in [1.54, 1.807) is 0 Å². The van der Waals surface area contributed by atoms with Crippen LogP contribution in [0.4, 0.5) is 11.4 Å². The number of nitrogen functional groups attached to an aromatic ring is 1. The van der Waals surface area contributed by atoms with E-state index >= 15 is 0 Å². The average Bonchev–Trinajstić information content (AvgIpc) is 2.98. The van der Waals surface area contributed by atoms with Gasteiger partial charge in [-0.25, -0.2) is 0 Å². The molecule has 0 spiro atoms. The molecule has 0 bridgehead atoms. The molecule has 1 atom stereocenters. The van der Waals surface area contributed by atoms with Gasteiger partial charge in [-0.3, -0.25) is 4.79 Å². The van der Waals surface area contributed by atoms with E-state index in [-0.39, 0.29) is 0 Å². The van der Waals surface area contributed by atoms with Crippen LogP contribution in [0.5, 0.6) is 0 Å². The monoisotopic (exact) mass is 245 g/mol. The molecular formula is C14H19N3O. The van der Waals surface area contributed by atoms with E-state index in [9.17, 15) is 4.79 Å². The number of nitrogens with two attached hydrogens (primary N) is 1. The summed E-state index contributed by atoms with van der Waals surface area (Å²) in [6.07, 6.45) is 2.84. The molecule has 1 aromatic rings. The minimum atomic E-state index is 0.333. The van der Waals surface area contributed by atoms with E-state index in [1.807, 2.05) is 12.1 Å². The van der Waals surface area contributed by atoms with Crippen LogP contribution in [0.15, 0.2) is 24.3 Å². The normalized spacial score (nSPS) is 24.0. The summed E-state index contributed by atoms with van der Waals surface area (Å²) >= 11 is 0. The Morgan fingerprint density at radius 2 is 1.94 bits per heavy atom. The summed E-state index contributed by atoms with van der Waals surface area (Å²) < 4.78 is 0. The third-order valence-corrected chi connectivity index (χ3v) is 3.97. The van der Waals surface area contributed by atoms with Gasteiger partial charge in [0.05, 0.1) is 6.04 Å². The van der Waals surface area contributed by atoms with Gasteiger partial charge < -0.3 is 15.5 Å². The third-order valence-electron chi connectivity index (χ3n) is 3.97. The number of carbonyl (C=O) groups excluding carboxylic acids is 1. The fraction of sp³-hybridized carbons (Fsp3) is 0.500. The van der Waals surface area contributed by atoms with Gasteiger partial charge in [0.1, 0.15) is 0 Å². The van der Waals surface area contributed by atoms with E-state index < -0.39 is 0 Å². The number of anilines is 2. The van der Waals surface area contributed by atoms with E-state index in [1.165, 1.54) is 5.69 Å². The number of rotatable bonds is 2. The van der Waals surface area contributed by atoms with Crippen LogP contribution in [0.25, 0.3) is 0 Å². The van der Waals surface area contributed by atoms with Gasteiger partial charge in [-0.05, 0) is 37.1 Å². The van der Waals surface area contributed by atoms with Crippen LogP contribution in [-0.2, 0) is 4.79 Å². The molecule has 1 aromatic carbocycles. The highest BCUT2D eigenvalue weighted by Crippen LogP contribution is 2.26. The highest BCUT2D eigenvalue weighted by molar-refractivity contribution is 5.78. The summed E-state index contributed by atoms with van der Waals surface area (Å²) in [7, 11) is 0. The average molecular weight is 245 g/mol. The lowest BCUT2D eigenvalue weighted by Gasteiger charge is -2.25. The van der Waals surface area contributed by atoms with Crippen molar-refractivity contribution in [2.75, 3.05) is 30.3 Å². The lowest BCUT2D eigenvalue weighted by molar-refractivity contribution is -0.129. The molecule has 0 unspecified atom stereocenters. The van der Waals surface area contributed by atoms with E-state index in [0.717, 1.165) is 44.6 Å². The maximum Gasteiger partial charge on any atom is 0.222 e. The molecule has 0 aromatic heterocycles. The summed E-state index contributed by atoms with van der Waals surface area (Å²) in [6, 6.07) is 8.39. The van der Waals surface area contributed by atoms with E-state index in [2.05, 4.69) is 21.9 Å². The first-order valence-corrected chi connectivity index (χ1v) is 6.64. The minimum absolute atomic E-state index is 0.333. The van der Waals surface area contributed by atoms with Crippen LogP contribution in [-0.4, -0.2) is 36.5 Å². The molecule has 96 valence electrons. The third kappa shape index (κ3) is 2.03. The number of hydrogen-bond acceptors (Lipinski definition) is 3. The molecule has 2 saturated heterocycles. The Labute approximate surface area is 107 Å².